The third kappa shape index (κ3) is 6.12. The summed E-state index contributed by atoms with van der Waals surface area (Å²) in [4.78, 5) is 6.42. The minimum atomic E-state index is 0.284. The third-order valence-corrected chi connectivity index (χ3v) is 2.89. The maximum absolute atomic E-state index is 4.05. The molecule has 1 heterocycles. The van der Waals surface area contributed by atoms with Crippen molar-refractivity contribution < 1.29 is 0 Å². The number of hydrogen-bond acceptors (Lipinski definition) is 3. The first kappa shape index (κ1) is 15.1. The van der Waals surface area contributed by atoms with Crippen LogP contribution in [-0.4, -0.2) is 36.1 Å². The van der Waals surface area contributed by atoms with E-state index in [1.54, 1.807) is 0 Å². The maximum atomic E-state index is 4.05. The lowest BCUT2D eigenvalue weighted by molar-refractivity contribution is 0.195. The fraction of sp³-hybridized carbons (Fsp3) is 0.667. The van der Waals surface area contributed by atoms with Gasteiger partial charge in [-0.3, -0.25) is 4.98 Å². The van der Waals surface area contributed by atoms with E-state index in [1.165, 1.54) is 5.56 Å². The van der Waals surface area contributed by atoms with Gasteiger partial charge >= 0.3 is 0 Å². The lowest BCUT2D eigenvalue weighted by atomic mass is 9.92. The zero-order chi connectivity index (χ0) is 13.6. The van der Waals surface area contributed by atoms with E-state index in [-0.39, 0.29) is 5.41 Å². The molecule has 0 saturated carbocycles. The van der Waals surface area contributed by atoms with E-state index in [0.29, 0.717) is 6.04 Å². The third-order valence-electron chi connectivity index (χ3n) is 2.89. The topological polar surface area (TPSA) is 28.2 Å². The van der Waals surface area contributed by atoms with Crippen molar-refractivity contribution >= 4 is 0 Å². The van der Waals surface area contributed by atoms with Crippen molar-refractivity contribution in [3.05, 3.63) is 30.1 Å². The summed E-state index contributed by atoms with van der Waals surface area (Å²) < 4.78 is 0. The molecule has 3 nitrogen and oxygen atoms in total. The van der Waals surface area contributed by atoms with Gasteiger partial charge in [0.25, 0.3) is 0 Å². The average Bonchev–Trinajstić information content (AvgIpc) is 2.27. The Morgan fingerprint density at radius 3 is 2.44 bits per heavy atom. The van der Waals surface area contributed by atoms with E-state index in [4.69, 9.17) is 0 Å². The molecule has 1 aromatic rings. The first-order valence-corrected chi connectivity index (χ1v) is 6.70. The van der Waals surface area contributed by atoms with Crippen molar-refractivity contribution in [1.29, 1.82) is 0 Å². The van der Waals surface area contributed by atoms with Gasteiger partial charge in [0.15, 0.2) is 0 Å². The van der Waals surface area contributed by atoms with Gasteiger partial charge in [-0.15, -0.1) is 0 Å². The second-order valence-electron chi connectivity index (χ2n) is 6.23. The quantitative estimate of drug-likeness (QED) is 0.805. The molecule has 0 atom stereocenters. The second-order valence-corrected chi connectivity index (χ2v) is 6.23. The number of nitrogens with zero attached hydrogens (tertiary/aromatic N) is 2. The van der Waals surface area contributed by atoms with Gasteiger partial charge in [0.1, 0.15) is 0 Å². The summed E-state index contributed by atoms with van der Waals surface area (Å²) in [7, 11) is 2.18. The molecule has 3 heteroatoms. The number of hydrogen-bond donors (Lipinski definition) is 1. The van der Waals surface area contributed by atoms with Crippen LogP contribution < -0.4 is 5.32 Å². The Kier molecular flexibility index (Phi) is 5.76. The van der Waals surface area contributed by atoms with Gasteiger partial charge in [-0.1, -0.05) is 27.7 Å². The highest BCUT2D eigenvalue weighted by atomic mass is 15.1. The largest absolute Gasteiger partial charge is 0.314 e. The summed E-state index contributed by atoms with van der Waals surface area (Å²) in [6, 6.07) is 4.71. The van der Waals surface area contributed by atoms with Gasteiger partial charge in [0.2, 0.25) is 0 Å². The van der Waals surface area contributed by atoms with Crippen LogP contribution in [0.5, 0.6) is 0 Å². The molecule has 0 fully saturated rings. The summed E-state index contributed by atoms with van der Waals surface area (Å²) in [5.41, 5.74) is 1.60. The van der Waals surface area contributed by atoms with Crippen molar-refractivity contribution in [3.8, 4) is 0 Å². The fourth-order valence-corrected chi connectivity index (χ4v) is 2.12. The summed E-state index contributed by atoms with van der Waals surface area (Å²) in [6.07, 6.45) is 3.71. The molecule has 0 aliphatic heterocycles. The second kappa shape index (κ2) is 6.86. The van der Waals surface area contributed by atoms with Crippen LogP contribution in [-0.2, 0) is 6.54 Å². The zero-order valence-corrected chi connectivity index (χ0v) is 12.4. The van der Waals surface area contributed by atoms with Crippen LogP contribution in [0.15, 0.2) is 24.5 Å². The van der Waals surface area contributed by atoms with Crippen LogP contribution in [0.1, 0.15) is 33.3 Å². The maximum Gasteiger partial charge on any atom is 0.0271 e. The molecule has 0 aromatic carbocycles. The molecule has 0 aliphatic rings. The molecule has 0 amide bonds. The molecular weight excluding hydrogens is 222 g/mol. The molecule has 102 valence electrons. The molecule has 1 N–H and O–H groups in total. The molecule has 0 unspecified atom stereocenters. The SMILES string of the molecule is CC(C)NCC(C)(C)CN(C)Cc1ccncc1. The van der Waals surface area contributed by atoms with E-state index in [9.17, 15) is 0 Å². The van der Waals surface area contributed by atoms with Gasteiger partial charge in [-0.25, -0.2) is 0 Å². The minimum absolute atomic E-state index is 0.284. The van der Waals surface area contributed by atoms with Gasteiger partial charge in [-0.05, 0) is 30.2 Å². The molecule has 0 radical (unpaired) electrons. The van der Waals surface area contributed by atoms with E-state index < -0.39 is 0 Å². The summed E-state index contributed by atoms with van der Waals surface area (Å²) >= 11 is 0. The normalized spacial score (nSPS) is 12.4. The lowest BCUT2D eigenvalue weighted by Gasteiger charge is -2.31. The van der Waals surface area contributed by atoms with Crippen molar-refractivity contribution in [2.75, 3.05) is 20.1 Å². The van der Waals surface area contributed by atoms with Crippen molar-refractivity contribution in [3.63, 3.8) is 0 Å². The fourth-order valence-electron chi connectivity index (χ4n) is 2.12. The van der Waals surface area contributed by atoms with Crippen LogP contribution in [0.4, 0.5) is 0 Å². The Morgan fingerprint density at radius 1 is 1.28 bits per heavy atom. The van der Waals surface area contributed by atoms with Gasteiger partial charge in [0, 0.05) is 38.1 Å². The Bertz CT molecular complexity index is 333. The first-order chi connectivity index (χ1) is 8.39. The average molecular weight is 249 g/mol. The predicted molar refractivity (Wildman–Crippen MR) is 77.5 cm³/mol. The van der Waals surface area contributed by atoms with Gasteiger partial charge < -0.3 is 10.2 Å². The Labute approximate surface area is 112 Å². The number of aromatic nitrogens is 1. The predicted octanol–water partition coefficient (Wildman–Crippen LogP) is 2.54. The Hall–Kier alpha value is -0.930. The summed E-state index contributed by atoms with van der Waals surface area (Å²) in [6.45, 7) is 12.1. The van der Waals surface area contributed by atoms with Gasteiger partial charge in [0.05, 0.1) is 0 Å². The van der Waals surface area contributed by atoms with E-state index in [2.05, 4.69) is 62.1 Å². The number of rotatable bonds is 7. The lowest BCUT2D eigenvalue weighted by Crippen LogP contribution is -2.40. The van der Waals surface area contributed by atoms with E-state index in [1.807, 2.05) is 12.4 Å². The van der Waals surface area contributed by atoms with Crippen molar-refractivity contribution in [2.24, 2.45) is 5.41 Å². The van der Waals surface area contributed by atoms with Gasteiger partial charge in [-0.2, -0.15) is 0 Å². The van der Waals surface area contributed by atoms with Crippen LogP contribution in [0, 0.1) is 5.41 Å². The number of nitrogens with one attached hydrogen (secondary N) is 1. The van der Waals surface area contributed by atoms with Crippen LogP contribution in [0.25, 0.3) is 0 Å². The molecule has 18 heavy (non-hydrogen) atoms. The van der Waals surface area contributed by atoms with E-state index in [0.717, 1.165) is 19.6 Å². The highest BCUT2D eigenvalue weighted by molar-refractivity contribution is 5.09. The zero-order valence-electron chi connectivity index (χ0n) is 12.4. The number of pyridine rings is 1. The van der Waals surface area contributed by atoms with Crippen molar-refractivity contribution in [1.82, 2.24) is 15.2 Å². The summed E-state index contributed by atoms with van der Waals surface area (Å²) in [5.74, 6) is 0. The molecule has 1 rings (SSSR count). The monoisotopic (exact) mass is 249 g/mol. The van der Waals surface area contributed by atoms with Crippen LogP contribution in [0.3, 0.4) is 0 Å². The summed E-state index contributed by atoms with van der Waals surface area (Å²) in [5, 5.41) is 3.52. The highest BCUT2D eigenvalue weighted by Crippen LogP contribution is 2.16. The van der Waals surface area contributed by atoms with E-state index >= 15 is 0 Å². The standard InChI is InChI=1S/C15H27N3/c1-13(2)17-11-15(3,4)12-18(5)10-14-6-8-16-9-7-14/h6-9,13,17H,10-12H2,1-5H3. The minimum Gasteiger partial charge on any atom is -0.314 e. The molecule has 0 saturated heterocycles. The Balaban J connectivity index is 2.41. The Morgan fingerprint density at radius 2 is 1.89 bits per heavy atom. The van der Waals surface area contributed by atoms with Crippen LogP contribution in [0.2, 0.25) is 0 Å². The van der Waals surface area contributed by atoms with Crippen molar-refractivity contribution in [2.45, 2.75) is 40.3 Å². The first-order valence-electron chi connectivity index (χ1n) is 6.70. The molecule has 0 bridgehead atoms. The molecule has 1 aromatic heterocycles. The smallest absolute Gasteiger partial charge is 0.0271 e. The molecule has 0 aliphatic carbocycles. The highest BCUT2D eigenvalue weighted by Gasteiger charge is 2.20. The molecular formula is C15H27N3. The molecule has 0 spiro atoms. The van der Waals surface area contributed by atoms with Crippen LogP contribution >= 0.6 is 0 Å².